The van der Waals surface area contributed by atoms with E-state index in [9.17, 15) is 30.7 Å². The van der Waals surface area contributed by atoms with Crippen molar-refractivity contribution in [1.82, 2.24) is 0 Å². The molecule has 0 radical (unpaired) electrons. The van der Waals surface area contributed by atoms with Crippen LogP contribution in [0, 0.1) is 0 Å². The van der Waals surface area contributed by atoms with Crippen molar-refractivity contribution in [2.75, 3.05) is 0 Å². The summed E-state index contributed by atoms with van der Waals surface area (Å²) in [5, 5.41) is 0. The summed E-state index contributed by atoms with van der Waals surface area (Å²) >= 11 is 0. The van der Waals surface area contributed by atoms with Gasteiger partial charge in [0.1, 0.15) is 0 Å². The van der Waals surface area contributed by atoms with Crippen molar-refractivity contribution in [3.63, 3.8) is 0 Å². The number of hydrogen-bond acceptors (Lipinski definition) is 1. The van der Waals surface area contributed by atoms with Crippen molar-refractivity contribution in [2.45, 2.75) is 43.8 Å². The summed E-state index contributed by atoms with van der Waals surface area (Å²) in [7, 11) is 0. The maximum Gasteiger partial charge on any atom is 0.459 e. The van der Waals surface area contributed by atoms with Gasteiger partial charge in [-0.1, -0.05) is 13.3 Å². The molecule has 1 nitrogen and oxygen atoms in total. The number of hydrogen-bond donors (Lipinski definition) is 1. The second-order valence-electron chi connectivity index (χ2n) is 3.09. The van der Waals surface area contributed by atoms with Crippen LogP contribution in [0.2, 0.25) is 0 Å². The van der Waals surface area contributed by atoms with Crippen LogP contribution in [-0.2, 0) is 0 Å². The molecule has 0 bridgehead atoms. The highest BCUT2D eigenvalue weighted by atomic mass is 35.5. The largest absolute Gasteiger partial charge is 0.459 e. The first-order chi connectivity index (χ1) is 6.48. The Hall–Kier alpha value is -0.240. The lowest BCUT2D eigenvalue weighted by Gasteiger charge is -2.32. The molecule has 0 unspecified atom stereocenters. The normalized spacial score (nSPS) is 15.6. The van der Waals surface area contributed by atoms with E-state index in [4.69, 9.17) is 0 Å². The van der Waals surface area contributed by atoms with Gasteiger partial charge in [0.05, 0.1) is 6.04 Å². The Morgan fingerprint density at radius 3 is 1.62 bits per heavy atom. The Kier molecular flexibility index (Phi) is 6.11. The highest BCUT2D eigenvalue weighted by Gasteiger charge is 2.74. The lowest BCUT2D eigenvalue weighted by Crippen LogP contribution is -2.60. The van der Waals surface area contributed by atoms with Crippen LogP contribution in [0.15, 0.2) is 0 Å². The Morgan fingerprint density at radius 1 is 1.00 bits per heavy atom. The number of rotatable bonds is 4. The van der Waals surface area contributed by atoms with Gasteiger partial charge in [-0.2, -0.15) is 30.7 Å². The summed E-state index contributed by atoms with van der Waals surface area (Å²) in [6.45, 7) is 1.35. The molecule has 0 heterocycles. The van der Waals surface area contributed by atoms with Gasteiger partial charge < -0.3 is 5.73 Å². The van der Waals surface area contributed by atoms with Crippen LogP contribution in [0.1, 0.15) is 19.8 Å². The predicted molar refractivity (Wildman–Crippen MR) is 46.1 cm³/mol. The van der Waals surface area contributed by atoms with Gasteiger partial charge >= 0.3 is 18.0 Å². The number of alkyl halides is 7. The van der Waals surface area contributed by atoms with Crippen molar-refractivity contribution in [1.29, 1.82) is 0 Å². The molecule has 0 spiro atoms. The highest BCUT2D eigenvalue weighted by Crippen LogP contribution is 2.48. The van der Waals surface area contributed by atoms with Gasteiger partial charge in [0.15, 0.2) is 0 Å². The van der Waals surface area contributed by atoms with E-state index >= 15 is 0 Å². The third-order valence-corrected chi connectivity index (χ3v) is 1.84. The molecule has 0 fully saturated rings. The first-order valence-electron chi connectivity index (χ1n) is 4.06. The second-order valence-corrected chi connectivity index (χ2v) is 3.09. The van der Waals surface area contributed by atoms with E-state index in [1.165, 1.54) is 6.92 Å². The Morgan fingerprint density at radius 2 is 1.38 bits per heavy atom. The summed E-state index contributed by atoms with van der Waals surface area (Å²) < 4.78 is 85.0. The molecule has 0 aromatic carbocycles. The fourth-order valence-corrected chi connectivity index (χ4v) is 0.914. The van der Waals surface area contributed by atoms with Gasteiger partial charge in [0.2, 0.25) is 0 Å². The van der Waals surface area contributed by atoms with Crippen LogP contribution in [0.3, 0.4) is 0 Å². The third kappa shape index (κ3) is 3.13. The van der Waals surface area contributed by atoms with Crippen LogP contribution < -0.4 is 5.73 Å². The molecule has 0 aromatic heterocycles. The van der Waals surface area contributed by atoms with E-state index in [-0.39, 0.29) is 18.8 Å². The topological polar surface area (TPSA) is 26.0 Å². The zero-order valence-corrected chi connectivity index (χ0v) is 8.94. The van der Waals surface area contributed by atoms with Gasteiger partial charge in [-0.25, -0.2) is 0 Å². The lowest BCUT2D eigenvalue weighted by molar-refractivity contribution is -0.358. The first kappa shape index (κ1) is 18.1. The Bertz CT molecular complexity index is 215. The Labute approximate surface area is 93.6 Å². The maximum atomic E-state index is 12.7. The summed E-state index contributed by atoms with van der Waals surface area (Å²) in [6.07, 6.45) is -6.93. The van der Waals surface area contributed by atoms with Crippen LogP contribution in [-0.4, -0.2) is 24.1 Å². The molecule has 2 N–H and O–H groups in total. The van der Waals surface area contributed by atoms with Crippen molar-refractivity contribution in [3.8, 4) is 0 Å². The van der Waals surface area contributed by atoms with Gasteiger partial charge in [-0.15, -0.1) is 12.4 Å². The van der Waals surface area contributed by atoms with Gasteiger partial charge in [-0.05, 0) is 6.42 Å². The zero-order chi connectivity index (χ0) is 12.5. The van der Waals surface area contributed by atoms with E-state index in [1.54, 1.807) is 0 Å². The monoisotopic (exact) mass is 277 g/mol. The maximum absolute atomic E-state index is 12.7. The first-order valence-corrected chi connectivity index (χ1v) is 4.06. The summed E-state index contributed by atoms with van der Waals surface area (Å²) in [5.74, 6) is -11.4. The molecule has 0 amide bonds. The van der Waals surface area contributed by atoms with Crippen molar-refractivity contribution < 1.29 is 30.7 Å². The van der Waals surface area contributed by atoms with Crippen molar-refractivity contribution >= 4 is 12.4 Å². The van der Waals surface area contributed by atoms with Gasteiger partial charge in [-0.3, -0.25) is 0 Å². The number of halogens is 8. The summed E-state index contributed by atoms with van der Waals surface area (Å²) in [5.41, 5.74) is 4.61. The fraction of sp³-hybridized carbons (Fsp3) is 1.00. The number of nitrogens with two attached hydrogens (primary N) is 1. The molecule has 0 rings (SSSR count). The summed E-state index contributed by atoms with van der Waals surface area (Å²) in [6, 6.07) is -2.51. The van der Waals surface area contributed by atoms with E-state index in [0.29, 0.717) is 0 Å². The van der Waals surface area contributed by atoms with Gasteiger partial charge in [0, 0.05) is 0 Å². The molecular weight excluding hydrogens is 267 g/mol. The molecule has 0 aliphatic heterocycles. The molecular formula is C7H11ClF7N. The van der Waals surface area contributed by atoms with E-state index in [0.717, 1.165) is 0 Å². The quantitative estimate of drug-likeness (QED) is 0.784. The zero-order valence-electron chi connectivity index (χ0n) is 8.12. The minimum absolute atomic E-state index is 0. The van der Waals surface area contributed by atoms with Crippen LogP contribution in [0.5, 0.6) is 0 Å². The smallest absolute Gasteiger partial charge is 0.322 e. The Balaban J connectivity index is 0. The average Bonchev–Trinajstić information content (AvgIpc) is 2.02. The van der Waals surface area contributed by atoms with E-state index < -0.39 is 30.5 Å². The van der Waals surface area contributed by atoms with Crippen LogP contribution >= 0.6 is 12.4 Å². The third-order valence-electron chi connectivity index (χ3n) is 1.84. The second kappa shape index (κ2) is 5.39. The minimum atomic E-state index is -6.30. The fourth-order valence-electron chi connectivity index (χ4n) is 0.914. The molecule has 0 saturated carbocycles. The molecule has 9 heteroatoms. The SMILES string of the molecule is CCC[C@@H](N)C(F)(F)C(F)(F)C(F)(F)F.Cl. The van der Waals surface area contributed by atoms with Crippen molar-refractivity contribution in [2.24, 2.45) is 5.73 Å². The van der Waals surface area contributed by atoms with Crippen LogP contribution in [0.25, 0.3) is 0 Å². The van der Waals surface area contributed by atoms with Gasteiger partial charge in [0.25, 0.3) is 0 Å². The standard InChI is InChI=1S/C7H10F7N.ClH/c1-2-3-4(15)5(8,9)6(10,11)7(12,13)14;/h4H,2-3,15H2,1H3;1H/t4-;/m1./s1. The lowest BCUT2D eigenvalue weighted by atomic mass is 9.99. The molecule has 0 aliphatic rings. The highest BCUT2D eigenvalue weighted by molar-refractivity contribution is 5.85. The molecule has 0 aromatic rings. The molecule has 16 heavy (non-hydrogen) atoms. The predicted octanol–water partition coefficient (Wildman–Crippen LogP) is 3.37. The molecule has 0 aliphatic carbocycles. The molecule has 1 atom stereocenters. The van der Waals surface area contributed by atoms with E-state index in [2.05, 4.69) is 5.73 Å². The molecule has 100 valence electrons. The van der Waals surface area contributed by atoms with Crippen molar-refractivity contribution in [3.05, 3.63) is 0 Å². The molecule has 0 saturated heterocycles. The average molecular weight is 278 g/mol. The van der Waals surface area contributed by atoms with Crippen LogP contribution in [0.4, 0.5) is 30.7 Å². The summed E-state index contributed by atoms with van der Waals surface area (Å²) in [4.78, 5) is 0. The minimum Gasteiger partial charge on any atom is -0.322 e. The van der Waals surface area contributed by atoms with E-state index in [1.807, 2.05) is 0 Å².